The van der Waals surface area contributed by atoms with Gasteiger partial charge in [0, 0.05) is 22.7 Å². The zero-order valence-corrected chi connectivity index (χ0v) is 21.3. The first kappa shape index (κ1) is 28.5. The Morgan fingerprint density at radius 1 is 1.05 bits per heavy atom. The van der Waals surface area contributed by atoms with Gasteiger partial charge in [0.15, 0.2) is 6.79 Å². The van der Waals surface area contributed by atoms with Crippen molar-refractivity contribution in [1.29, 1.82) is 0 Å². The molecule has 14 heteroatoms. The minimum absolute atomic E-state index is 0.0233. The molecule has 0 aliphatic carbocycles. The number of halogens is 5. The monoisotopic (exact) mass is 577 g/mol. The number of aryl methyl sites for hydroxylation is 1. The van der Waals surface area contributed by atoms with Crippen molar-refractivity contribution in [1.82, 2.24) is 0 Å². The van der Waals surface area contributed by atoms with Gasteiger partial charge in [-0.2, -0.15) is 13.2 Å². The number of ether oxygens (including phenoxy) is 2. The summed E-state index contributed by atoms with van der Waals surface area (Å²) in [5.74, 6) is -0.977. The van der Waals surface area contributed by atoms with E-state index in [-0.39, 0.29) is 33.8 Å². The van der Waals surface area contributed by atoms with Gasteiger partial charge in [-0.05, 0) is 48.9 Å². The summed E-state index contributed by atoms with van der Waals surface area (Å²) in [6.07, 6.45) is -4.39. The molecular weight excluding hydrogens is 561 g/mol. The molecule has 196 valence electrons. The Balaban J connectivity index is 1.83. The van der Waals surface area contributed by atoms with Crippen LogP contribution in [-0.4, -0.2) is 17.7 Å². The molecular formula is C23H17Cl2F3NO7P. The molecule has 3 aromatic rings. The molecule has 3 rings (SSSR count). The molecule has 3 aromatic carbocycles. The highest BCUT2D eigenvalue weighted by molar-refractivity contribution is 7.48. The Hall–Kier alpha value is -3.11. The van der Waals surface area contributed by atoms with E-state index in [0.717, 1.165) is 24.3 Å². The van der Waals surface area contributed by atoms with Crippen molar-refractivity contribution in [2.75, 3.05) is 6.79 Å². The fourth-order valence-electron chi connectivity index (χ4n) is 3.06. The maximum atomic E-state index is 12.9. The lowest BCUT2D eigenvalue weighted by molar-refractivity contribution is -0.383. The van der Waals surface area contributed by atoms with Gasteiger partial charge >= 0.3 is 12.1 Å². The minimum atomic E-state index is -4.62. The number of esters is 1. The average molecular weight is 578 g/mol. The van der Waals surface area contributed by atoms with Crippen LogP contribution >= 0.6 is 31.2 Å². The summed E-state index contributed by atoms with van der Waals surface area (Å²) in [7, 11) is -3.35. The van der Waals surface area contributed by atoms with Crippen LogP contribution in [0.25, 0.3) is 0 Å². The summed E-state index contributed by atoms with van der Waals surface area (Å²) in [6.45, 7) is 0.891. The van der Waals surface area contributed by atoms with Crippen LogP contribution in [0.4, 0.5) is 18.9 Å². The number of nitrogens with zero attached hydrogens (tertiary/aromatic N) is 1. The van der Waals surface area contributed by atoms with Crippen LogP contribution in [0.1, 0.15) is 28.4 Å². The van der Waals surface area contributed by atoms with E-state index < -0.39 is 43.1 Å². The lowest BCUT2D eigenvalue weighted by atomic mass is 10.1. The smallest absolute Gasteiger partial charge is 0.416 e. The summed E-state index contributed by atoms with van der Waals surface area (Å²) in [5.41, 5.74) is -1.07. The number of alkyl halides is 3. The van der Waals surface area contributed by atoms with E-state index in [1.807, 2.05) is 0 Å². The Morgan fingerprint density at radius 3 is 2.30 bits per heavy atom. The quantitative estimate of drug-likeness (QED) is 0.0869. The summed E-state index contributed by atoms with van der Waals surface area (Å²) in [6, 6.07) is 10.4. The summed E-state index contributed by atoms with van der Waals surface area (Å²) < 4.78 is 67.2. The molecule has 0 heterocycles. The Labute approximate surface area is 218 Å². The largest absolute Gasteiger partial charge is 0.455 e. The third kappa shape index (κ3) is 7.23. The zero-order valence-electron chi connectivity index (χ0n) is 18.8. The molecule has 0 aromatic heterocycles. The van der Waals surface area contributed by atoms with E-state index in [2.05, 4.69) is 0 Å². The molecule has 0 aliphatic rings. The first-order chi connectivity index (χ1) is 17.4. The maximum Gasteiger partial charge on any atom is 0.416 e. The van der Waals surface area contributed by atoms with Crippen LogP contribution in [0.5, 0.6) is 11.5 Å². The van der Waals surface area contributed by atoms with E-state index in [1.165, 1.54) is 24.3 Å². The number of nitro benzene ring substituents is 1. The molecule has 37 heavy (non-hydrogen) atoms. The number of rotatable bonds is 9. The van der Waals surface area contributed by atoms with Gasteiger partial charge in [-0.1, -0.05) is 30.1 Å². The van der Waals surface area contributed by atoms with E-state index in [4.69, 9.17) is 37.2 Å². The van der Waals surface area contributed by atoms with E-state index >= 15 is 0 Å². The molecule has 1 unspecified atom stereocenters. The van der Waals surface area contributed by atoms with Gasteiger partial charge < -0.3 is 9.47 Å². The molecule has 0 N–H and O–H groups in total. The molecule has 0 radical (unpaired) electrons. The standard InChI is InChI=1S/C23H17Cl2F3NO7P/c1-2-13-9-18(29(31)32)21(37(33)35-12-34-22(30)14-3-6-16(24)7-4-14)11-20(13)36-19-8-5-15(10-17(19)25)23(26,27)28/h3-11,37H,2,12H2,1H3. The van der Waals surface area contributed by atoms with E-state index in [9.17, 15) is 32.6 Å². The van der Waals surface area contributed by atoms with Crippen LogP contribution in [0, 0.1) is 10.1 Å². The molecule has 0 saturated carbocycles. The predicted molar refractivity (Wildman–Crippen MR) is 130 cm³/mol. The molecule has 0 spiro atoms. The molecule has 8 nitrogen and oxygen atoms in total. The second kappa shape index (κ2) is 12.0. The molecule has 0 aliphatic heterocycles. The maximum absolute atomic E-state index is 12.9. The molecule has 0 fully saturated rings. The van der Waals surface area contributed by atoms with E-state index in [1.54, 1.807) is 6.92 Å². The first-order valence-electron chi connectivity index (χ1n) is 10.4. The Bertz CT molecular complexity index is 1350. The Morgan fingerprint density at radius 2 is 1.73 bits per heavy atom. The van der Waals surface area contributed by atoms with Gasteiger partial charge in [-0.15, -0.1) is 0 Å². The molecule has 1 atom stereocenters. The lowest BCUT2D eigenvalue weighted by Crippen LogP contribution is -2.12. The molecule has 0 saturated heterocycles. The van der Waals surface area contributed by atoms with Crippen LogP contribution in [0.2, 0.25) is 10.0 Å². The van der Waals surface area contributed by atoms with Crippen molar-refractivity contribution >= 4 is 48.2 Å². The second-order valence-corrected chi connectivity index (χ2v) is 9.57. The minimum Gasteiger partial charge on any atom is -0.455 e. The van der Waals surface area contributed by atoms with Crippen LogP contribution in [0.15, 0.2) is 54.6 Å². The van der Waals surface area contributed by atoms with Crippen molar-refractivity contribution in [2.45, 2.75) is 19.5 Å². The normalized spacial score (nSPS) is 12.2. The summed E-state index contributed by atoms with van der Waals surface area (Å²) >= 11 is 11.7. The van der Waals surface area contributed by atoms with Crippen molar-refractivity contribution < 1.29 is 41.5 Å². The highest BCUT2D eigenvalue weighted by Crippen LogP contribution is 2.39. The number of carbonyl (C=O) groups is 1. The van der Waals surface area contributed by atoms with Crippen LogP contribution < -0.4 is 10.0 Å². The van der Waals surface area contributed by atoms with Gasteiger partial charge in [0.1, 0.15) is 16.8 Å². The van der Waals surface area contributed by atoms with Crippen molar-refractivity contribution in [3.05, 3.63) is 91.4 Å². The van der Waals surface area contributed by atoms with Crippen LogP contribution in [-0.2, 0) is 26.4 Å². The number of hydrogen-bond acceptors (Lipinski definition) is 7. The highest BCUT2D eigenvalue weighted by atomic mass is 35.5. The number of nitro groups is 1. The average Bonchev–Trinajstić information content (AvgIpc) is 2.84. The van der Waals surface area contributed by atoms with Gasteiger partial charge in [0.25, 0.3) is 5.69 Å². The number of carbonyl (C=O) groups excluding carboxylic acids is 1. The van der Waals surface area contributed by atoms with Gasteiger partial charge in [0.2, 0.25) is 8.03 Å². The van der Waals surface area contributed by atoms with Crippen molar-refractivity contribution in [2.24, 2.45) is 0 Å². The zero-order chi connectivity index (χ0) is 27.3. The van der Waals surface area contributed by atoms with Gasteiger partial charge in [0.05, 0.1) is 21.1 Å². The summed E-state index contributed by atoms with van der Waals surface area (Å²) in [5, 5.41) is 11.3. The van der Waals surface area contributed by atoms with Crippen molar-refractivity contribution in [3.8, 4) is 11.5 Å². The van der Waals surface area contributed by atoms with E-state index in [0.29, 0.717) is 16.7 Å². The highest BCUT2D eigenvalue weighted by Gasteiger charge is 2.31. The fraction of sp³-hybridized carbons (Fsp3) is 0.174. The Kier molecular flexibility index (Phi) is 9.20. The topological polar surface area (TPSA) is 105 Å². The molecule has 0 amide bonds. The van der Waals surface area contributed by atoms with Crippen molar-refractivity contribution in [3.63, 3.8) is 0 Å². The number of hydrogen-bond donors (Lipinski definition) is 0. The van der Waals surface area contributed by atoms with Gasteiger partial charge in [-0.3, -0.25) is 19.2 Å². The predicted octanol–water partition coefficient (Wildman–Crippen LogP) is 7.21. The lowest BCUT2D eigenvalue weighted by Gasteiger charge is -2.15. The summed E-state index contributed by atoms with van der Waals surface area (Å²) in [4.78, 5) is 22.9. The molecule has 0 bridgehead atoms. The fourth-order valence-corrected chi connectivity index (χ4v) is 4.35. The van der Waals surface area contributed by atoms with Crippen LogP contribution in [0.3, 0.4) is 0 Å². The van der Waals surface area contributed by atoms with Gasteiger partial charge in [-0.25, -0.2) is 4.79 Å². The SMILES string of the molecule is CCc1cc([N+](=O)[O-])c([PH](=O)OCOC(=O)c2ccc(Cl)cc2)cc1Oc1ccc(C(F)(F)F)cc1Cl. The first-order valence-corrected chi connectivity index (χ1v) is 12.4. The number of benzene rings is 3. The third-order valence-corrected chi connectivity index (χ3v) is 6.68. The third-order valence-electron chi connectivity index (χ3n) is 4.92. The second-order valence-electron chi connectivity index (χ2n) is 7.32.